The van der Waals surface area contributed by atoms with Crippen molar-refractivity contribution >= 4 is 11.6 Å². The number of benzene rings is 1. The molecule has 2 rings (SSSR count). The minimum absolute atomic E-state index is 0.208. The smallest absolute Gasteiger partial charge is 0.184 e. The summed E-state index contributed by atoms with van der Waals surface area (Å²) < 4.78 is 10.8. The Balaban J connectivity index is 2.09. The third-order valence-electron chi connectivity index (χ3n) is 2.10. The average Bonchev–Trinajstić information content (AvgIpc) is 2.80. The van der Waals surface area contributed by atoms with E-state index in [9.17, 15) is 0 Å². The lowest BCUT2D eigenvalue weighted by molar-refractivity contribution is -0.0441. The monoisotopic (exact) mass is 222 g/mol. The molecule has 0 amide bonds. The normalized spacial score (nSPS) is 16.1. The van der Waals surface area contributed by atoms with Crippen LogP contribution in [0.3, 0.4) is 0 Å². The molecule has 1 fully saturated rings. The third-order valence-corrected chi connectivity index (χ3v) is 2.24. The summed E-state index contributed by atoms with van der Waals surface area (Å²) in [6.45, 7) is 1.33. The van der Waals surface area contributed by atoms with Crippen molar-refractivity contribution < 1.29 is 9.47 Å². The molecule has 0 atom stereocenters. The van der Waals surface area contributed by atoms with Crippen LogP contribution in [-0.4, -0.2) is 19.1 Å². The molecule has 2 nitrogen and oxygen atoms in total. The Morgan fingerprint density at radius 1 is 1.20 bits per heavy atom. The highest BCUT2D eigenvalue weighted by Gasteiger charge is 2.17. The highest BCUT2D eigenvalue weighted by atomic mass is 35.5. The number of hydrogen-bond donors (Lipinski definition) is 0. The lowest BCUT2D eigenvalue weighted by Crippen LogP contribution is -1.97. The largest absolute Gasteiger partial charge is 0.346 e. The van der Waals surface area contributed by atoms with Crippen molar-refractivity contribution in [2.24, 2.45) is 0 Å². The maximum absolute atomic E-state index is 5.47. The summed E-state index contributed by atoms with van der Waals surface area (Å²) in [6, 6.07) is 7.82. The van der Waals surface area contributed by atoms with Crippen LogP contribution in [0.1, 0.15) is 17.4 Å². The van der Waals surface area contributed by atoms with E-state index in [4.69, 9.17) is 21.1 Å². The molecule has 0 radical (unpaired) electrons. The second kappa shape index (κ2) is 5.18. The predicted molar refractivity (Wildman–Crippen MR) is 58.7 cm³/mol. The van der Waals surface area contributed by atoms with Crippen LogP contribution in [0.4, 0.5) is 0 Å². The first-order chi connectivity index (χ1) is 7.40. The first kappa shape index (κ1) is 10.5. The van der Waals surface area contributed by atoms with E-state index in [0.717, 1.165) is 11.1 Å². The lowest BCUT2D eigenvalue weighted by atomic mass is 10.1. The fraction of sp³-hybridized carbons (Fsp3) is 0.333. The van der Waals surface area contributed by atoms with Crippen LogP contribution < -0.4 is 0 Å². The number of rotatable bonds is 1. The SMILES string of the molecule is ClCC#Cc1ccc(C2OCCO2)cc1. The molecular weight excluding hydrogens is 212 g/mol. The minimum Gasteiger partial charge on any atom is -0.346 e. The van der Waals surface area contributed by atoms with Crippen LogP contribution in [0.15, 0.2) is 24.3 Å². The topological polar surface area (TPSA) is 18.5 Å². The van der Waals surface area contributed by atoms with Crippen molar-refractivity contribution in [3.8, 4) is 11.8 Å². The van der Waals surface area contributed by atoms with Gasteiger partial charge in [-0.2, -0.15) is 0 Å². The van der Waals surface area contributed by atoms with Crippen LogP contribution in [0.25, 0.3) is 0 Å². The minimum atomic E-state index is -0.208. The van der Waals surface area contributed by atoms with Gasteiger partial charge in [-0.15, -0.1) is 11.6 Å². The average molecular weight is 223 g/mol. The summed E-state index contributed by atoms with van der Waals surface area (Å²) in [5.41, 5.74) is 1.99. The first-order valence-corrected chi connectivity index (χ1v) is 5.31. The van der Waals surface area contributed by atoms with E-state index in [2.05, 4.69) is 11.8 Å². The van der Waals surface area contributed by atoms with Crippen molar-refractivity contribution in [2.75, 3.05) is 19.1 Å². The molecule has 15 heavy (non-hydrogen) atoms. The molecule has 0 bridgehead atoms. The van der Waals surface area contributed by atoms with Crippen molar-refractivity contribution in [2.45, 2.75) is 6.29 Å². The molecule has 0 unspecified atom stereocenters. The molecule has 1 saturated heterocycles. The van der Waals surface area contributed by atoms with Crippen LogP contribution in [0.5, 0.6) is 0 Å². The van der Waals surface area contributed by atoms with Gasteiger partial charge < -0.3 is 9.47 Å². The Labute approximate surface area is 94.1 Å². The van der Waals surface area contributed by atoms with Crippen molar-refractivity contribution in [3.05, 3.63) is 35.4 Å². The zero-order valence-electron chi connectivity index (χ0n) is 8.20. The molecule has 0 saturated carbocycles. The molecule has 0 spiro atoms. The van der Waals surface area contributed by atoms with Crippen LogP contribution in [0, 0.1) is 11.8 Å². The number of alkyl halides is 1. The van der Waals surface area contributed by atoms with Gasteiger partial charge in [0.2, 0.25) is 0 Å². The zero-order valence-corrected chi connectivity index (χ0v) is 8.96. The molecule has 0 N–H and O–H groups in total. The Bertz CT molecular complexity index is 369. The van der Waals surface area contributed by atoms with Gasteiger partial charge in [0.05, 0.1) is 19.1 Å². The number of ether oxygens (including phenoxy) is 2. The molecule has 1 aliphatic rings. The van der Waals surface area contributed by atoms with E-state index in [1.54, 1.807) is 0 Å². The van der Waals surface area contributed by atoms with Gasteiger partial charge in [0.25, 0.3) is 0 Å². The van der Waals surface area contributed by atoms with E-state index < -0.39 is 0 Å². The van der Waals surface area contributed by atoms with Gasteiger partial charge in [-0.1, -0.05) is 24.0 Å². The van der Waals surface area contributed by atoms with E-state index in [-0.39, 0.29) is 6.29 Å². The highest BCUT2D eigenvalue weighted by Crippen LogP contribution is 2.22. The summed E-state index contributed by atoms with van der Waals surface area (Å²) in [6.07, 6.45) is -0.208. The van der Waals surface area contributed by atoms with Crippen molar-refractivity contribution in [1.29, 1.82) is 0 Å². The molecule has 1 aliphatic heterocycles. The highest BCUT2D eigenvalue weighted by molar-refractivity contribution is 6.19. The van der Waals surface area contributed by atoms with Gasteiger partial charge in [0.1, 0.15) is 0 Å². The second-order valence-corrected chi connectivity index (χ2v) is 3.40. The van der Waals surface area contributed by atoms with Gasteiger partial charge in [0.15, 0.2) is 6.29 Å². The Hall–Kier alpha value is -1.01. The fourth-order valence-corrected chi connectivity index (χ4v) is 1.48. The van der Waals surface area contributed by atoms with Gasteiger partial charge in [0, 0.05) is 11.1 Å². The van der Waals surface area contributed by atoms with Crippen LogP contribution >= 0.6 is 11.6 Å². The van der Waals surface area contributed by atoms with E-state index >= 15 is 0 Å². The molecule has 3 heteroatoms. The maximum Gasteiger partial charge on any atom is 0.184 e. The summed E-state index contributed by atoms with van der Waals surface area (Å²) in [5, 5.41) is 0. The quantitative estimate of drug-likeness (QED) is 0.536. The Kier molecular flexibility index (Phi) is 3.63. The van der Waals surface area contributed by atoms with E-state index in [0.29, 0.717) is 19.1 Å². The first-order valence-electron chi connectivity index (χ1n) is 4.78. The van der Waals surface area contributed by atoms with Crippen LogP contribution in [-0.2, 0) is 9.47 Å². The van der Waals surface area contributed by atoms with Crippen molar-refractivity contribution in [1.82, 2.24) is 0 Å². The molecule has 1 heterocycles. The molecule has 1 aromatic carbocycles. The maximum atomic E-state index is 5.47. The van der Waals surface area contributed by atoms with Gasteiger partial charge in [-0.25, -0.2) is 0 Å². The van der Waals surface area contributed by atoms with Gasteiger partial charge in [-0.3, -0.25) is 0 Å². The molecule has 1 aromatic rings. The summed E-state index contributed by atoms with van der Waals surface area (Å²) in [5.74, 6) is 6.11. The molecule has 78 valence electrons. The molecular formula is C12H11ClO2. The number of hydrogen-bond acceptors (Lipinski definition) is 2. The van der Waals surface area contributed by atoms with E-state index in [1.807, 2.05) is 24.3 Å². The fourth-order valence-electron chi connectivity index (χ4n) is 1.41. The standard InChI is InChI=1S/C12H11ClO2/c13-7-1-2-10-3-5-11(6-4-10)12-14-8-9-15-12/h3-6,12H,7-9H2. The summed E-state index contributed by atoms with van der Waals surface area (Å²) in [4.78, 5) is 0. The molecule has 0 aliphatic carbocycles. The third kappa shape index (κ3) is 2.73. The van der Waals surface area contributed by atoms with E-state index in [1.165, 1.54) is 0 Å². The number of halogens is 1. The zero-order chi connectivity index (χ0) is 10.5. The Morgan fingerprint density at radius 3 is 2.47 bits per heavy atom. The van der Waals surface area contributed by atoms with Crippen molar-refractivity contribution in [3.63, 3.8) is 0 Å². The molecule has 0 aromatic heterocycles. The lowest BCUT2D eigenvalue weighted by Gasteiger charge is -2.08. The second-order valence-electron chi connectivity index (χ2n) is 3.13. The predicted octanol–water partition coefficient (Wildman–Crippen LogP) is 2.32. The summed E-state index contributed by atoms with van der Waals surface area (Å²) in [7, 11) is 0. The van der Waals surface area contributed by atoms with Gasteiger partial charge in [-0.05, 0) is 12.1 Å². The Morgan fingerprint density at radius 2 is 1.87 bits per heavy atom. The summed E-state index contributed by atoms with van der Waals surface area (Å²) >= 11 is 5.47. The van der Waals surface area contributed by atoms with Gasteiger partial charge >= 0.3 is 0 Å². The van der Waals surface area contributed by atoms with Crippen LogP contribution in [0.2, 0.25) is 0 Å².